The van der Waals surface area contributed by atoms with Crippen LogP contribution in [0.2, 0.25) is 0 Å². The molecular weight excluding hydrogens is 218 g/mol. The number of hydrogen-bond acceptors (Lipinski definition) is 4. The van der Waals surface area contributed by atoms with Gasteiger partial charge in [0.05, 0.1) is 0 Å². The van der Waals surface area contributed by atoms with Gasteiger partial charge >= 0.3 is 0 Å². The van der Waals surface area contributed by atoms with Crippen molar-refractivity contribution in [3.05, 3.63) is 35.9 Å². The van der Waals surface area contributed by atoms with Crippen LogP contribution in [-0.2, 0) is 4.79 Å². The molecule has 0 aliphatic rings. The Balaban J connectivity index is 2.61. The van der Waals surface area contributed by atoms with Crippen molar-refractivity contribution < 1.29 is 10.0 Å². The van der Waals surface area contributed by atoms with Gasteiger partial charge in [0.25, 0.3) is 5.91 Å². The molecule has 1 aromatic rings. The van der Waals surface area contributed by atoms with Crippen LogP contribution in [0, 0.1) is 0 Å². The number of amides is 1. The molecule has 0 aromatic heterocycles. The fourth-order valence-electron chi connectivity index (χ4n) is 1.31. The van der Waals surface area contributed by atoms with Crippen LogP contribution in [0.4, 0.5) is 0 Å². The number of oxime groups is 1. The number of hydrogen-bond donors (Lipinski definition) is 2. The van der Waals surface area contributed by atoms with Gasteiger partial charge in [-0.3, -0.25) is 4.79 Å². The number of carbonyl (C=O) groups is 1. The van der Waals surface area contributed by atoms with Gasteiger partial charge in [-0.15, -0.1) is 0 Å². The van der Waals surface area contributed by atoms with Gasteiger partial charge in [0, 0.05) is 18.7 Å². The summed E-state index contributed by atoms with van der Waals surface area (Å²) >= 11 is 0. The second-order valence-corrected chi connectivity index (χ2v) is 3.87. The average molecular weight is 235 g/mol. The molecule has 92 valence electrons. The molecule has 0 fully saturated rings. The molecule has 0 heterocycles. The highest BCUT2D eigenvalue weighted by Crippen LogP contribution is 2.01. The minimum absolute atomic E-state index is 0.0318. The lowest BCUT2D eigenvalue weighted by Gasteiger charge is -2.10. The Labute approximate surface area is 101 Å². The maximum absolute atomic E-state index is 11.7. The fourth-order valence-corrected chi connectivity index (χ4v) is 1.31. The maximum Gasteiger partial charge on any atom is 0.273 e. The summed E-state index contributed by atoms with van der Waals surface area (Å²) in [5, 5.41) is 14.6. The summed E-state index contributed by atoms with van der Waals surface area (Å²) in [5.74, 6) is -0.374. The normalized spacial score (nSPS) is 11.6. The predicted molar refractivity (Wildman–Crippen MR) is 66.3 cm³/mol. The molecule has 1 aromatic carbocycles. The molecule has 0 aliphatic carbocycles. The van der Waals surface area contributed by atoms with Crippen LogP contribution >= 0.6 is 0 Å². The fraction of sp³-hybridized carbons (Fsp3) is 0.333. The van der Waals surface area contributed by atoms with Gasteiger partial charge in [-0.05, 0) is 14.1 Å². The molecule has 0 saturated carbocycles. The summed E-state index contributed by atoms with van der Waals surface area (Å²) < 4.78 is 0. The smallest absolute Gasteiger partial charge is 0.273 e. The van der Waals surface area contributed by atoms with Gasteiger partial charge in [0.2, 0.25) is 0 Å². The number of rotatable bonds is 5. The van der Waals surface area contributed by atoms with E-state index in [1.165, 1.54) is 0 Å². The third kappa shape index (κ3) is 4.24. The van der Waals surface area contributed by atoms with Crippen LogP contribution in [0.3, 0.4) is 0 Å². The molecule has 1 amide bonds. The third-order valence-electron chi connectivity index (χ3n) is 2.21. The van der Waals surface area contributed by atoms with Crippen molar-refractivity contribution in [3.8, 4) is 0 Å². The Hall–Kier alpha value is -1.88. The van der Waals surface area contributed by atoms with E-state index in [0.29, 0.717) is 12.1 Å². The minimum atomic E-state index is -0.374. The zero-order valence-corrected chi connectivity index (χ0v) is 10.1. The Morgan fingerprint density at radius 2 is 2.00 bits per heavy atom. The first-order valence-corrected chi connectivity index (χ1v) is 5.35. The van der Waals surface area contributed by atoms with Crippen molar-refractivity contribution in [2.24, 2.45) is 5.16 Å². The van der Waals surface area contributed by atoms with Gasteiger partial charge in [-0.2, -0.15) is 0 Å². The first-order chi connectivity index (χ1) is 8.15. The minimum Gasteiger partial charge on any atom is -0.410 e. The van der Waals surface area contributed by atoms with E-state index in [1.807, 2.05) is 25.1 Å². The first kappa shape index (κ1) is 13.2. The van der Waals surface area contributed by atoms with Crippen molar-refractivity contribution in [3.63, 3.8) is 0 Å². The summed E-state index contributed by atoms with van der Waals surface area (Å²) in [4.78, 5) is 13.7. The van der Waals surface area contributed by atoms with E-state index in [0.717, 1.165) is 6.54 Å². The maximum atomic E-state index is 11.7. The second kappa shape index (κ2) is 6.65. The highest BCUT2D eigenvalue weighted by Gasteiger charge is 2.13. The van der Waals surface area contributed by atoms with Crippen molar-refractivity contribution in [1.82, 2.24) is 10.2 Å². The van der Waals surface area contributed by atoms with E-state index in [1.54, 1.807) is 24.3 Å². The molecule has 0 unspecified atom stereocenters. The Morgan fingerprint density at radius 3 is 2.53 bits per heavy atom. The quantitative estimate of drug-likeness (QED) is 0.445. The molecular formula is C12H17N3O2. The Morgan fingerprint density at radius 1 is 1.35 bits per heavy atom. The first-order valence-electron chi connectivity index (χ1n) is 5.35. The van der Waals surface area contributed by atoms with Crippen molar-refractivity contribution >= 4 is 11.6 Å². The van der Waals surface area contributed by atoms with Crippen LogP contribution in [0.15, 0.2) is 35.5 Å². The molecule has 2 N–H and O–H groups in total. The number of benzene rings is 1. The number of nitrogens with zero attached hydrogens (tertiary/aromatic N) is 2. The third-order valence-corrected chi connectivity index (χ3v) is 2.21. The van der Waals surface area contributed by atoms with Crippen molar-refractivity contribution in [2.75, 3.05) is 27.2 Å². The highest BCUT2D eigenvalue weighted by molar-refractivity contribution is 6.45. The Kier molecular flexibility index (Phi) is 5.16. The largest absolute Gasteiger partial charge is 0.410 e. The molecule has 0 atom stereocenters. The summed E-state index contributed by atoms with van der Waals surface area (Å²) in [6, 6.07) is 8.85. The summed E-state index contributed by atoms with van der Waals surface area (Å²) in [6.45, 7) is 1.25. The van der Waals surface area contributed by atoms with Gasteiger partial charge < -0.3 is 15.4 Å². The standard InChI is InChI=1S/C12H17N3O2/c1-15(2)9-8-13-12(16)11(14-17)10-6-4-3-5-7-10/h3-7,17H,8-9H2,1-2H3,(H,13,16)/b14-11-. The zero-order valence-electron chi connectivity index (χ0n) is 10.1. The van der Waals surface area contributed by atoms with Crippen LogP contribution in [0.25, 0.3) is 0 Å². The van der Waals surface area contributed by atoms with E-state index in [2.05, 4.69) is 10.5 Å². The van der Waals surface area contributed by atoms with Gasteiger partial charge in [-0.25, -0.2) is 0 Å². The van der Waals surface area contributed by atoms with Crippen LogP contribution in [0.1, 0.15) is 5.56 Å². The van der Waals surface area contributed by atoms with Crippen molar-refractivity contribution in [1.29, 1.82) is 0 Å². The van der Waals surface area contributed by atoms with Gasteiger partial charge in [-0.1, -0.05) is 35.5 Å². The van der Waals surface area contributed by atoms with E-state index in [9.17, 15) is 4.79 Å². The second-order valence-electron chi connectivity index (χ2n) is 3.87. The van der Waals surface area contributed by atoms with Crippen molar-refractivity contribution in [2.45, 2.75) is 0 Å². The van der Waals surface area contributed by atoms with Crippen LogP contribution < -0.4 is 5.32 Å². The molecule has 0 bridgehead atoms. The summed E-state index contributed by atoms with van der Waals surface area (Å²) in [7, 11) is 3.84. The summed E-state index contributed by atoms with van der Waals surface area (Å²) in [5.41, 5.74) is 0.627. The lowest BCUT2D eigenvalue weighted by molar-refractivity contribution is -0.114. The number of likely N-dealkylation sites (N-methyl/N-ethyl adjacent to an activating group) is 1. The summed E-state index contributed by atoms with van der Waals surface area (Å²) in [6.07, 6.45) is 0. The van der Waals surface area contributed by atoms with Gasteiger partial charge in [0.15, 0.2) is 5.71 Å². The molecule has 17 heavy (non-hydrogen) atoms. The monoisotopic (exact) mass is 235 g/mol. The van der Waals surface area contributed by atoms with E-state index >= 15 is 0 Å². The van der Waals surface area contributed by atoms with Gasteiger partial charge in [0.1, 0.15) is 0 Å². The van der Waals surface area contributed by atoms with E-state index < -0.39 is 0 Å². The average Bonchev–Trinajstić information content (AvgIpc) is 2.31. The lowest BCUT2D eigenvalue weighted by Crippen LogP contribution is -2.36. The molecule has 1 rings (SSSR count). The van der Waals surface area contributed by atoms with Crippen LogP contribution in [0.5, 0.6) is 0 Å². The molecule has 5 heteroatoms. The number of carbonyl (C=O) groups excluding carboxylic acids is 1. The Bertz CT molecular complexity index is 388. The highest BCUT2D eigenvalue weighted by atomic mass is 16.4. The number of nitrogens with one attached hydrogen (secondary N) is 1. The molecule has 0 aliphatic heterocycles. The zero-order chi connectivity index (χ0) is 12.7. The van der Waals surface area contributed by atoms with E-state index in [-0.39, 0.29) is 11.6 Å². The van der Waals surface area contributed by atoms with E-state index in [4.69, 9.17) is 5.21 Å². The van der Waals surface area contributed by atoms with Crippen LogP contribution in [-0.4, -0.2) is 48.9 Å². The lowest BCUT2D eigenvalue weighted by atomic mass is 10.1. The molecule has 0 saturated heterocycles. The molecule has 5 nitrogen and oxygen atoms in total. The molecule has 0 radical (unpaired) electrons. The molecule has 0 spiro atoms. The SMILES string of the molecule is CN(C)CCNC(=O)/C(=N\O)c1ccccc1. The topological polar surface area (TPSA) is 64.9 Å². The predicted octanol–water partition coefficient (Wildman–Crippen LogP) is 0.543.